The number of unbranched alkanes of at least 4 members (excludes halogenated alkanes) is 1. The lowest BCUT2D eigenvalue weighted by atomic mass is 9.70. The highest BCUT2D eigenvalue weighted by molar-refractivity contribution is 7.13. The van der Waals surface area contributed by atoms with Crippen LogP contribution in [0.4, 0.5) is 5.13 Å². The Morgan fingerprint density at radius 2 is 1.97 bits per heavy atom. The van der Waals surface area contributed by atoms with Gasteiger partial charge in [0, 0.05) is 17.8 Å². The minimum atomic E-state index is -0.723. The summed E-state index contributed by atoms with van der Waals surface area (Å²) in [5, 5.41) is 16.9. The summed E-state index contributed by atoms with van der Waals surface area (Å²) in [7, 11) is 0. The molecule has 0 radical (unpaired) electrons. The zero-order valence-corrected chi connectivity index (χ0v) is 18.9. The average Bonchev–Trinajstić information content (AvgIpc) is 3.42. The highest BCUT2D eigenvalue weighted by atomic mass is 32.1. The van der Waals surface area contributed by atoms with Gasteiger partial charge in [-0.25, -0.2) is 0 Å². The molecule has 2 aromatic heterocycles. The molecule has 0 fully saturated rings. The van der Waals surface area contributed by atoms with Crippen LogP contribution in [-0.2, 0) is 11.3 Å². The molecule has 0 aliphatic rings. The minimum absolute atomic E-state index is 0.0863. The minimum Gasteiger partial charge on any atom is -0.300 e. The van der Waals surface area contributed by atoms with E-state index in [4.69, 9.17) is 0 Å². The summed E-state index contributed by atoms with van der Waals surface area (Å²) >= 11 is 1.32. The molecule has 0 bridgehead atoms. The molecule has 0 saturated carbocycles. The number of hydrogen-bond donors (Lipinski definition) is 1. The molecule has 0 aliphatic carbocycles. The Labute approximate surface area is 186 Å². The Bertz CT molecular complexity index is 1150. The number of anilines is 1. The fourth-order valence-corrected chi connectivity index (χ4v) is 4.50. The van der Waals surface area contributed by atoms with Gasteiger partial charge in [-0.05, 0) is 29.7 Å². The van der Waals surface area contributed by atoms with Crippen molar-refractivity contribution in [3.63, 3.8) is 0 Å². The molecular formula is C24H27N5OS. The number of aryl methyl sites for hydroxylation is 1. The highest BCUT2D eigenvalue weighted by Crippen LogP contribution is 2.42. The predicted molar refractivity (Wildman–Crippen MR) is 125 cm³/mol. The SMILES string of the molecule is CCCCn1ncc2cc(C(c3ccccc3)C(C)(C)C(=O)Nc3nncs3)ccc21. The fraction of sp³-hybridized carbons (Fsp3) is 0.333. The van der Waals surface area contributed by atoms with Crippen molar-refractivity contribution in [2.75, 3.05) is 5.32 Å². The number of fused-ring (bicyclic) bond motifs is 1. The number of nitrogens with zero attached hydrogens (tertiary/aromatic N) is 4. The first-order valence-electron chi connectivity index (χ1n) is 10.6. The van der Waals surface area contributed by atoms with Gasteiger partial charge in [-0.15, -0.1) is 10.2 Å². The van der Waals surface area contributed by atoms with Crippen molar-refractivity contribution in [2.24, 2.45) is 5.41 Å². The van der Waals surface area contributed by atoms with E-state index >= 15 is 0 Å². The molecule has 4 aromatic rings. The summed E-state index contributed by atoms with van der Waals surface area (Å²) in [5.41, 5.74) is 4.20. The van der Waals surface area contributed by atoms with Crippen LogP contribution < -0.4 is 5.32 Å². The van der Waals surface area contributed by atoms with Gasteiger partial charge in [0.25, 0.3) is 0 Å². The standard InChI is InChI=1S/C24H27N5OS/c1-4-5-13-29-20-12-11-18(14-19(20)15-26-29)21(17-9-7-6-8-10-17)24(2,3)22(30)27-23-28-25-16-31-23/h6-12,14-16,21H,4-5,13H2,1-3H3,(H,27,28,30). The van der Waals surface area contributed by atoms with Crippen LogP contribution in [-0.4, -0.2) is 25.9 Å². The molecule has 2 aromatic carbocycles. The molecule has 1 amide bonds. The Hall–Kier alpha value is -3.06. The fourth-order valence-electron chi connectivity index (χ4n) is 4.06. The maximum Gasteiger partial charge on any atom is 0.232 e. The molecule has 1 unspecified atom stereocenters. The summed E-state index contributed by atoms with van der Waals surface area (Å²) in [6.45, 7) is 7.06. The molecule has 0 saturated heterocycles. The maximum atomic E-state index is 13.3. The normalized spacial score (nSPS) is 12.7. The lowest BCUT2D eigenvalue weighted by Crippen LogP contribution is -2.37. The van der Waals surface area contributed by atoms with Crippen LogP contribution in [0.2, 0.25) is 0 Å². The van der Waals surface area contributed by atoms with Crippen LogP contribution in [0.3, 0.4) is 0 Å². The zero-order valence-electron chi connectivity index (χ0n) is 18.1. The van der Waals surface area contributed by atoms with Gasteiger partial charge in [0.1, 0.15) is 5.51 Å². The largest absolute Gasteiger partial charge is 0.300 e. The van der Waals surface area contributed by atoms with Gasteiger partial charge in [0.2, 0.25) is 11.0 Å². The van der Waals surface area contributed by atoms with Gasteiger partial charge in [0.05, 0.1) is 17.1 Å². The van der Waals surface area contributed by atoms with Crippen molar-refractivity contribution in [3.05, 3.63) is 71.4 Å². The molecule has 1 atom stereocenters. The third-order valence-corrected chi connectivity index (χ3v) is 6.35. The molecule has 4 rings (SSSR count). The van der Waals surface area contributed by atoms with E-state index in [1.54, 1.807) is 5.51 Å². The number of aromatic nitrogens is 4. The number of hydrogen-bond acceptors (Lipinski definition) is 5. The van der Waals surface area contributed by atoms with E-state index in [9.17, 15) is 4.79 Å². The topological polar surface area (TPSA) is 72.7 Å². The maximum absolute atomic E-state index is 13.3. The van der Waals surface area contributed by atoms with Gasteiger partial charge >= 0.3 is 0 Å². The van der Waals surface area contributed by atoms with Crippen LogP contribution in [0.25, 0.3) is 10.9 Å². The van der Waals surface area contributed by atoms with E-state index < -0.39 is 5.41 Å². The Kier molecular flexibility index (Phi) is 6.13. The second-order valence-electron chi connectivity index (χ2n) is 8.30. The number of rotatable bonds is 8. The van der Waals surface area contributed by atoms with Gasteiger partial charge in [-0.2, -0.15) is 5.10 Å². The van der Waals surface area contributed by atoms with Crippen LogP contribution in [0.1, 0.15) is 50.7 Å². The Morgan fingerprint density at radius 3 is 2.68 bits per heavy atom. The van der Waals surface area contributed by atoms with Gasteiger partial charge in [-0.1, -0.05) is 74.9 Å². The van der Waals surface area contributed by atoms with Gasteiger partial charge in [0.15, 0.2) is 0 Å². The first kappa shape index (κ1) is 21.2. The summed E-state index contributed by atoms with van der Waals surface area (Å²) < 4.78 is 2.06. The first-order valence-corrected chi connectivity index (χ1v) is 11.5. The summed E-state index contributed by atoms with van der Waals surface area (Å²) in [5.74, 6) is -0.221. The quantitative estimate of drug-likeness (QED) is 0.399. The molecule has 160 valence electrons. The summed E-state index contributed by atoms with van der Waals surface area (Å²) in [4.78, 5) is 13.3. The molecule has 0 aliphatic heterocycles. The van der Waals surface area contributed by atoms with Crippen LogP contribution in [0.15, 0.2) is 60.2 Å². The number of carbonyl (C=O) groups is 1. The summed E-state index contributed by atoms with van der Waals surface area (Å²) in [6.07, 6.45) is 4.16. The number of nitrogens with one attached hydrogen (secondary N) is 1. The predicted octanol–water partition coefficient (Wildman–Crippen LogP) is 5.48. The molecule has 7 heteroatoms. The van der Waals surface area contributed by atoms with Gasteiger partial charge < -0.3 is 5.32 Å². The molecule has 1 N–H and O–H groups in total. The number of amides is 1. The van der Waals surface area contributed by atoms with Crippen molar-refractivity contribution in [1.29, 1.82) is 0 Å². The second kappa shape index (κ2) is 8.98. The highest BCUT2D eigenvalue weighted by Gasteiger charge is 2.39. The summed E-state index contributed by atoms with van der Waals surface area (Å²) in [6, 6.07) is 16.6. The van der Waals surface area contributed by atoms with Crippen molar-refractivity contribution >= 4 is 33.3 Å². The third kappa shape index (κ3) is 4.37. The van der Waals surface area contributed by atoms with Crippen LogP contribution >= 0.6 is 11.3 Å². The lowest BCUT2D eigenvalue weighted by Gasteiger charge is -2.33. The third-order valence-electron chi connectivity index (χ3n) is 5.74. The lowest BCUT2D eigenvalue weighted by molar-refractivity contribution is -0.124. The zero-order chi connectivity index (χ0) is 21.8. The van der Waals surface area contributed by atoms with E-state index in [1.807, 2.05) is 38.2 Å². The second-order valence-corrected chi connectivity index (χ2v) is 9.14. The van der Waals surface area contributed by atoms with E-state index in [0.717, 1.165) is 41.4 Å². The number of benzene rings is 2. The Morgan fingerprint density at radius 1 is 1.16 bits per heavy atom. The van der Waals surface area contributed by atoms with Crippen molar-refractivity contribution in [1.82, 2.24) is 20.0 Å². The van der Waals surface area contributed by atoms with Crippen molar-refractivity contribution in [2.45, 2.75) is 46.1 Å². The smallest absolute Gasteiger partial charge is 0.232 e. The molecule has 6 nitrogen and oxygen atoms in total. The van der Waals surface area contributed by atoms with E-state index in [-0.39, 0.29) is 11.8 Å². The van der Waals surface area contributed by atoms with Gasteiger partial charge in [-0.3, -0.25) is 9.48 Å². The van der Waals surface area contributed by atoms with Crippen molar-refractivity contribution in [3.8, 4) is 0 Å². The Balaban J connectivity index is 1.74. The van der Waals surface area contributed by atoms with Crippen molar-refractivity contribution < 1.29 is 4.79 Å². The van der Waals surface area contributed by atoms with Crippen LogP contribution in [0.5, 0.6) is 0 Å². The van der Waals surface area contributed by atoms with E-state index in [1.165, 1.54) is 11.3 Å². The number of carbonyl (C=O) groups excluding carboxylic acids is 1. The van der Waals surface area contributed by atoms with E-state index in [0.29, 0.717) is 5.13 Å². The molecular weight excluding hydrogens is 406 g/mol. The van der Waals surface area contributed by atoms with Crippen LogP contribution in [0, 0.1) is 5.41 Å². The van der Waals surface area contributed by atoms with E-state index in [2.05, 4.69) is 62.6 Å². The first-order chi connectivity index (χ1) is 15.0. The molecule has 2 heterocycles. The monoisotopic (exact) mass is 433 g/mol. The average molecular weight is 434 g/mol. The molecule has 0 spiro atoms. The molecule has 31 heavy (non-hydrogen) atoms.